The molecular weight excluding hydrogens is 498 g/mol. The third kappa shape index (κ3) is 4.28. The molecule has 0 unspecified atom stereocenters. The number of anilines is 1. The Bertz CT molecular complexity index is 1430. The second kappa shape index (κ2) is 9.30. The van der Waals surface area contributed by atoms with Crippen LogP contribution in [0.1, 0.15) is 0 Å². The first-order valence-corrected chi connectivity index (χ1v) is 11.4. The third-order valence-electron chi connectivity index (χ3n) is 4.55. The monoisotopic (exact) mass is 514 g/mol. The average molecular weight is 515 g/mol. The Morgan fingerprint density at radius 3 is 2.50 bits per heavy atom. The molecule has 0 aliphatic rings. The van der Waals surface area contributed by atoms with E-state index in [1.54, 1.807) is 0 Å². The van der Waals surface area contributed by atoms with Crippen LogP contribution in [-0.2, 0) is 10.0 Å². The first-order chi connectivity index (χ1) is 16.3. The van der Waals surface area contributed by atoms with Crippen molar-refractivity contribution in [3.05, 3.63) is 41.6 Å². The molecule has 0 atom stereocenters. The molecule has 0 fully saturated rings. The molecule has 4 rings (SSSR count). The molecule has 0 saturated carbocycles. The second-order valence-corrected chi connectivity index (χ2v) is 8.67. The first-order valence-electron chi connectivity index (χ1n) is 9.50. The minimum Gasteiger partial charge on any atom is -0.481 e. The molecule has 0 aliphatic heterocycles. The Morgan fingerprint density at radius 1 is 1.21 bits per heavy atom. The van der Waals surface area contributed by atoms with Crippen LogP contribution in [0, 0.1) is 5.82 Å². The summed E-state index contributed by atoms with van der Waals surface area (Å²) in [5.41, 5.74) is 0.570. The second-order valence-electron chi connectivity index (χ2n) is 6.61. The zero-order valence-electron chi connectivity index (χ0n) is 17.7. The van der Waals surface area contributed by atoms with E-state index in [9.17, 15) is 17.2 Å². The van der Waals surface area contributed by atoms with Gasteiger partial charge in [0.15, 0.2) is 5.82 Å². The molecule has 0 bridgehead atoms. The Balaban J connectivity index is 1.75. The van der Waals surface area contributed by atoms with Crippen LogP contribution >= 0.6 is 11.6 Å². The lowest BCUT2D eigenvalue weighted by Crippen LogP contribution is -2.16. The van der Waals surface area contributed by atoms with Gasteiger partial charge in [-0.3, -0.25) is 0 Å². The summed E-state index contributed by atoms with van der Waals surface area (Å²) in [5, 5.41) is 4.37. The number of benzene rings is 1. The van der Waals surface area contributed by atoms with Crippen LogP contribution in [0.3, 0.4) is 0 Å². The number of hydrogen-bond acceptors (Lipinski definition) is 8. The van der Waals surface area contributed by atoms with Gasteiger partial charge in [0.05, 0.1) is 37.2 Å². The highest BCUT2D eigenvalue weighted by Crippen LogP contribution is 2.36. The van der Waals surface area contributed by atoms with E-state index in [4.69, 9.17) is 25.8 Å². The summed E-state index contributed by atoms with van der Waals surface area (Å²) in [7, 11) is -1.71. The molecule has 0 saturated heterocycles. The number of hydrogen-bond donors (Lipinski definition) is 2. The summed E-state index contributed by atoms with van der Waals surface area (Å²) < 4.78 is 71.2. The molecular formula is C19H17ClF2N6O5S. The lowest BCUT2D eigenvalue weighted by Gasteiger charge is -2.14. The van der Waals surface area contributed by atoms with Crippen LogP contribution in [0.25, 0.3) is 16.6 Å². The van der Waals surface area contributed by atoms with Gasteiger partial charge in [0, 0.05) is 11.6 Å². The van der Waals surface area contributed by atoms with E-state index in [2.05, 4.69) is 24.8 Å². The number of rotatable bonds is 9. The van der Waals surface area contributed by atoms with Crippen molar-refractivity contribution in [2.45, 2.75) is 4.90 Å². The van der Waals surface area contributed by atoms with Crippen LogP contribution in [0.5, 0.6) is 17.5 Å². The molecule has 180 valence electrons. The molecule has 0 aliphatic carbocycles. The predicted octanol–water partition coefficient (Wildman–Crippen LogP) is 3.10. The molecule has 34 heavy (non-hydrogen) atoms. The standard InChI is InChI=1S/C19H17ClF2N6O5S/c1-31-17-16(33-6-5-21)18(32-2)26-19(25-17)27-34(29,30)13-8-23-14-11(13)3-4-12(20)15(14)28-9-10(22)7-24-28/h3-4,7-9,23H,5-6H2,1-2H3,(H,25,26,27). The van der Waals surface area contributed by atoms with Crippen molar-refractivity contribution in [2.75, 3.05) is 32.2 Å². The Hall–Kier alpha value is -3.65. The van der Waals surface area contributed by atoms with Crippen molar-refractivity contribution < 1.29 is 31.4 Å². The quantitative estimate of drug-likeness (QED) is 0.348. The average Bonchev–Trinajstić information content (AvgIpc) is 3.43. The van der Waals surface area contributed by atoms with Crippen molar-refractivity contribution in [1.29, 1.82) is 0 Å². The highest BCUT2D eigenvalue weighted by Gasteiger charge is 2.25. The van der Waals surface area contributed by atoms with Crippen LogP contribution in [0.2, 0.25) is 5.02 Å². The first kappa shape index (κ1) is 23.5. The van der Waals surface area contributed by atoms with Crippen LogP contribution < -0.4 is 18.9 Å². The number of aromatic amines is 1. The number of H-pyrrole nitrogens is 1. The molecule has 0 radical (unpaired) electrons. The summed E-state index contributed by atoms with van der Waals surface area (Å²) in [4.78, 5) is 10.6. The Kier molecular flexibility index (Phi) is 6.43. The fraction of sp³-hybridized carbons (Fsp3) is 0.211. The van der Waals surface area contributed by atoms with Gasteiger partial charge in [0.25, 0.3) is 21.8 Å². The van der Waals surface area contributed by atoms with Gasteiger partial charge in [-0.15, -0.1) is 0 Å². The predicted molar refractivity (Wildman–Crippen MR) is 118 cm³/mol. The number of nitrogens with one attached hydrogen (secondary N) is 2. The number of methoxy groups -OCH3 is 2. The van der Waals surface area contributed by atoms with Crippen LogP contribution in [0.4, 0.5) is 14.7 Å². The highest BCUT2D eigenvalue weighted by atomic mass is 35.5. The largest absolute Gasteiger partial charge is 0.481 e. The molecule has 3 aromatic heterocycles. The molecule has 1 aromatic carbocycles. The molecule has 0 spiro atoms. The fourth-order valence-electron chi connectivity index (χ4n) is 3.17. The third-order valence-corrected chi connectivity index (χ3v) is 6.22. The maximum absolute atomic E-state index is 13.5. The lowest BCUT2D eigenvalue weighted by atomic mass is 10.2. The maximum atomic E-state index is 13.5. The Morgan fingerprint density at radius 2 is 1.91 bits per heavy atom. The van der Waals surface area contributed by atoms with E-state index in [1.807, 2.05) is 0 Å². The van der Waals surface area contributed by atoms with Gasteiger partial charge in [-0.05, 0) is 12.1 Å². The van der Waals surface area contributed by atoms with Crippen LogP contribution in [-0.4, -0.2) is 60.7 Å². The number of halogens is 3. The number of sulfonamides is 1. The fourth-order valence-corrected chi connectivity index (χ4v) is 4.53. The minimum atomic E-state index is -4.25. The van der Waals surface area contributed by atoms with E-state index < -0.39 is 22.5 Å². The van der Waals surface area contributed by atoms with Crippen LogP contribution in [0.15, 0.2) is 35.6 Å². The van der Waals surface area contributed by atoms with E-state index in [-0.39, 0.29) is 51.1 Å². The summed E-state index contributed by atoms with van der Waals surface area (Å²) >= 11 is 6.27. The van der Waals surface area contributed by atoms with Gasteiger partial charge in [-0.1, -0.05) is 11.6 Å². The van der Waals surface area contributed by atoms with Crippen molar-refractivity contribution in [2.24, 2.45) is 0 Å². The van der Waals surface area contributed by atoms with Crippen molar-refractivity contribution in [3.63, 3.8) is 0 Å². The van der Waals surface area contributed by atoms with Gasteiger partial charge in [0.1, 0.15) is 23.9 Å². The molecule has 3 heterocycles. The van der Waals surface area contributed by atoms with Crippen molar-refractivity contribution >= 4 is 38.5 Å². The van der Waals surface area contributed by atoms with Gasteiger partial charge in [-0.25, -0.2) is 26.6 Å². The van der Waals surface area contributed by atoms with Gasteiger partial charge in [0.2, 0.25) is 11.7 Å². The number of nitrogens with zero attached hydrogens (tertiary/aromatic N) is 4. The zero-order valence-corrected chi connectivity index (χ0v) is 19.2. The number of aromatic nitrogens is 5. The lowest BCUT2D eigenvalue weighted by molar-refractivity contribution is 0.240. The number of alkyl halides is 1. The number of fused-ring (bicyclic) bond motifs is 1. The SMILES string of the molecule is COc1nc(NS(=O)(=O)c2c[nH]c3c(-n4cc(F)cn4)c(Cl)ccc23)nc(OC)c1OCCF. The topological polar surface area (TPSA) is 133 Å². The highest BCUT2D eigenvalue weighted by molar-refractivity contribution is 7.93. The smallest absolute Gasteiger partial charge is 0.266 e. The van der Waals surface area contributed by atoms with E-state index in [0.29, 0.717) is 5.52 Å². The molecule has 11 nitrogen and oxygen atoms in total. The van der Waals surface area contributed by atoms with Gasteiger partial charge < -0.3 is 19.2 Å². The molecule has 0 amide bonds. The Labute approximate surface area is 196 Å². The summed E-state index contributed by atoms with van der Waals surface area (Å²) in [6.45, 7) is -1.08. The summed E-state index contributed by atoms with van der Waals surface area (Å²) in [6, 6.07) is 2.95. The molecule has 2 N–H and O–H groups in total. The normalized spacial score (nSPS) is 11.6. The maximum Gasteiger partial charge on any atom is 0.266 e. The van der Waals surface area contributed by atoms with Crippen molar-refractivity contribution in [1.82, 2.24) is 24.7 Å². The van der Waals surface area contributed by atoms with Gasteiger partial charge in [-0.2, -0.15) is 15.1 Å². The molecule has 4 aromatic rings. The van der Waals surface area contributed by atoms with Gasteiger partial charge >= 0.3 is 0 Å². The minimum absolute atomic E-state index is 0.0802. The molecule has 15 heteroatoms. The summed E-state index contributed by atoms with van der Waals surface area (Å²) in [6.07, 6.45) is 3.34. The van der Waals surface area contributed by atoms with E-state index >= 15 is 0 Å². The van der Waals surface area contributed by atoms with E-state index in [1.165, 1.54) is 37.2 Å². The number of ether oxygens (including phenoxy) is 3. The zero-order chi connectivity index (χ0) is 24.5. The van der Waals surface area contributed by atoms with Crippen molar-refractivity contribution in [3.8, 4) is 23.2 Å². The van der Waals surface area contributed by atoms with E-state index in [0.717, 1.165) is 12.4 Å². The summed E-state index contributed by atoms with van der Waals surface area (Å²) in [5.74, 6) is -1.37.